The number of hydrogen-bond donors (Lipinski definition) is 1. The molecular formula is C12H19NO2. The summed E-state index contributed by atoms with van der Waals surface area (Å²) in [4.78, 5) is 9.97. The van der Waals surface area contributed by atoms with Crippen LogP contribution in [-0.4, -0.2) is 26.0 Å². The van der Waals surface area contributed by atoms with E-state index in [0.717, 1.165) is 12.0 Å². The van der Waals surface area contributed by atoms with Crippen LogP contribution < -0.4 is 10.1 Å². The van der Waals surface area contributed by atoms with Crippen molar-refractivity contribution in [1.29, 1.82) is 0 Å². The number of aldehydes is 1. The molecule has 0 saturated carbocycles. The lowest BCUT2D eigenvalue weighted by atomic mass is 10.2. The lowest BCUT2D eigenvalue weighted by molar-refractivity contribution is -0.107. The molecule has 84 valence electrons. The zero-order chi connectivity index (χ0) is 10.2. The van der Waals surface area contributed by atoms with E-state index in [1.807, 2.05) is 31.2 Å². The highest BCUT2D eigenvalue weighted by Crippen LogP contribution is 2.10. The lowest BCUT2D eigenvalue weighted by Gasteiger charge is -2.05. The van der Waals surface area contributed by atoms with Crippen LogP contribution in [0.15, 0.2) is 24.3 Å². The van der Waals surface area contributed by atoms with Gasteiger partial charge in [-0.3, -0.25) is 0 Å². The van der Waals surface area contributed by atoms with Crippen molar-refractivity contribution in [3.05, 3.63) is 29.8 Å². The molecule has 0 spiro atoms. The Morgan fingerprint density at radius 1 is 1.33 bits per heavy atom. The first-order chi connectivity index (χ1) is 6.83. The SMILES string of the molecule is C.Cc1ccc(OCCNCC=O)cc1. The number of rotatable bonds is 6. The van der Waals surface area contributed by atoms with Gasteiger partial charge < -0.3 is 14.8 Å². The van der Waals surface area contributed by atoms with E-state index in [9.17, 15) is 4.79 Å². The van der Waals surface area contributed by atoms with Crippen LogP contribution in [0.3, 0.4) is 0 Å². The van der Waals surface area contributed by atoms with Gasteiger partial charge in [-0.05, 0) is 19.1 Å². The standard InChI is InChI=1S/C11H15NO2.CH4/c1-10-2-4-11(5-3-10)14-9-7-12-6-8-13;/h2-5,8,12H,6-7,9H2,1H3;1H4. The molecule has 0 aliphatic rings. The topological polar surface area (TPSA) is 38.3 Å². The van der Waals surface area contributed by atoms with Gasteiger partial charge >= 0.3 is 0 Å². The van der Waals surface area contributed by atoms with E-state index >= 15 is 0 Å². The van der Waals surface area contributed by atoms with E-state index in [2.05, 4.69) is 5.32 Å². The number of aryl methyl sites for hydroxylation is 1. The van der Waals surface area contributed by atoms with Crippen molar-refractivity contribution < 1.29 is 9.53 Å². The Morgan fingerprint density at radius 3 is 2.60 bits per heavy atom. The van der Waals surface area contributed by atoms with Crippen LogP contribution in [0.1, 0.15) is 13.0 Å². The maximum atomic E-state index is 9.97. The third kappa shape index (κ3) is 5.86. The average Bonchev–Trinajstić information content (AvgIpc) is 2.21. The van der Waals surface area contributed by atoms with Crippen molar-refractivity contribution in [1.82, 2.24) is 5.32 Å². The molecule has 0 aliphatic heterocycles. The minimum atomic E-state index is 0. The molecule has 1 aromatic carbocycles. The summed E-state index contributed by atoms with van der Waals surface area (Å²) in [5, 5.41) is 2.92. The Morgan fingerprint density at radius 2 is 2.00 bits per heavy atom. The Labute approximate surface area is 91.5 Å². The van der Waals surface area contributed by atoms with Crippen molar-refractivity contribution in [3.63, 3.8) is 0 Å². The molecule has 0 heterocycles. The molecule has 15 heavy (non-hydrogen) atoms. The van der Waals surface area contributed by atoms with Crippen molar-refractivity contribution in [2.24, 2.45) is 0 Å². The monoisotopic (exact) mass is 209 g/mol. The first-order valence-corrected chi connectivity index (χ1v) is 4.67. The average molecular weight is 209 g/mol. The fraction of sp³-hybridized carbons (Fsp3) is 0.417. The highest BCUT2D eigenvalue weighted by molar-refractivity contribution is 5.51. The van der Waals surface area contributed by atoms with E-state index in [4.69, 9.17) is 4.74 Å². The lowest BCUT2D eigenvalue weighted by Crippen LogP contribution is -2.22. The van der Waals surface area contributed by atoms with Gasteiger partial charge in [0, 0.05) is 6.54 Å². The van der Waals surface area contributed by atoms with E-state index < -0.39 is 0 Å². The van der Waals surface area contributed by atoms with Crippen LogP contribution in [-0.2, 0) is 4.79 Å². The molecule has 1 N–H and O–H groups in total. The maximum Gasteiger partial charge on any atom is 0.133 e. The maximum absolute atomic E-state index is 9.97. The number of benzene rings is 1. The van der Waals surface area contributed by atoms with Crippen molar-refractivity contribution >= 4 is 6.29 Å². The molecule has 1 aromatic rings. The van der Waals surface area contributed by atoms with Crippen molar-refractivity contribution in [2.45, 2.75) is 14.4 Å². The Hall–Kier alpha value is -1.35. The van der Waals surface area contributed by atoms with Gasteiger partial charge in [-0.25, -0.2) is 0 Å². The van der Waals surface area contributed by atoms with E-state index in [1.165, 1.54) is 5.56 Å². The molecule has 0 radical (unpaired) electrons. The van der Waals surface area contributed by atoms with Crippen LogP contribution in [0.4, 0.5) is 0 Å². The number of nitrogens with one attached hydrogen (secondary N) is 1. The summed E-state index contributed by atoms with van der Waals surface area (Å²) < 4.78 is 5.43. The van der Waals surface area contributed by atoms with Gasteiger partial charge in [0.05, 0.1) is 6.54 Å². The van der Waals surface area contributed by atoms with Gasteiger partial charge in [-0.15, -0.1) is 0 Å². The molecule has 0 fully saturated rings. The largest absolute Gasteiger partial charge is 0.492 e. The minimum absolute atomic E-state index is 0. The number of hydrogen-bond acceptors (Lipinski definition) is 3. The predicted octanol–water partition coefficient (Wildman–Crippen LogP) is 1.80. The van der Waals surface area contributed by atoms with Gasteiger partial charge in [0.25, 0.3) is 0 Å². The molecule has 3 heteroatoms. The second kappa shape index (κ2) is 8.00. The van der Waals surface area contributed by atoms with Gasteiger partial charge in [0.1, 0.15) is 18.6 Å². The van der Waals surface area contributed by atoms with E-state index in [1.54, 1.807) is 0 Å². The number of ether oxygens (including phenoxy) is 1. The van der Waals surface area contributed by atoms with Crippen molar-refractivity contribution in [3.8, 4) is 5.75 Å². The first kappa shape index (κ1) is 13.7. The van der Waals surface area contributed by atoms with Crippen LogP contribution >= 0.6 is 0 Å². The smallest absolute Gasteiger partial charge is 0.133 e. The quantitative estimate of drug-likeness (QED) is 0.573. The van der Waals surface area contributed by atoms with Gasteiger partial charge in [0.15, 0.2) is 0 Å². The van der Waals surface area contributed by atoms with Gasteiger partial charge in [-0.1, -0.05) is 25.1 Å². The summed E-state index contributed by atoms with van der Waals surface area (Å²) in [7, 11) is 0. The molecule has 3 nitrogen and oxygen atoms in total. The summed E-state index contributed by atoms with van der Waals surface area (Å²) in [6.45, 7) is 3.69. The summed E-state index contributed by atoms with van der Waals surface area (Å²) >= 11 is 0. The molecule has 0 bridgehead atoms. The molecule has 0 unspecified atom stereocenters. The van der Waals surface area contributed by atoms with Crippen molar-refractivity contribution in [2.75, 3.05) is 19.7 Å². The number of carbonyl (C=O) groups is 1. The Kier molecular flexibility index (Phi) is 7.28. The highest BCUT2D eigenvalue weighted by atomic mass is 16.5. The summed E-state index contributed by atoms with van der Waals surface area (Å²) in [5.74, 6) is 0.864. The fourth-order valence-electron chi connectivity index (χ4n) is 1.04. The molecule has 0 aromatic heterocycles. The highest BCUT2D eigenvalue weighted by Gasteiger charge is 1.92. The molecule has 0 saturated heterocycles. The zero-order valence-corrected chi connectivity index (χ0v) is 8.32. The van der Waals surface area contributed by atoms with Crippen LogP contribution in [0, 0.1) is 6.92 Å². The Bertz CT molecular complexity index is 269. The van der Waals surface area contributed by atoms with Crippen LogP contribution in [0.5, 0.6) is 5.75 Å². The normalized spacial score (nSPS) is 9.13. The molecule has 1 rings (SSSR count). The zero-order valence-electron chi connectivity index (χ0n) is 8.32. The third-order valence-electron chi connectivity index (χ3n) is 1.80. The molecule has 0 aliphatic carbocycles. The molecule has 0 atom stereocenters. The second-order valence-corrected chi connectivity index (χ2v) is 3.03. The fourth-order valence-corrected chi connectivity index (χ4v) is 1.04. The minimum Gasteiger partial charge on any atom is -0.492 e. The summed E-state index contributed by atoms with van der Waals surface area (Å²) in [6.07, 6.45) is 0.839. The van der Waals surface area contributed by atoms with E-state index in [-0.39, 0.29) is 7.43 Å². The Balaban J connectivity index is 0.00000196. The summed E-state index contributed by atoms with van der Waals surface area (Å²) in [5.41, 5.74) is 1.22. The van der Waals surface area contributed by atoms with Crippen LogP contribution in [0.25, 0.3) is 0 Å². The van der Waals surface area contributed by atoms with Crippen LogP contribution in [0.2, 0.25) is 0 Å². The predicted molar refractivity (Wildman–Crippen MR) is 62.3 cm³/mol. The molecule has 0 amide bonds. The first-order valence-electron chi connectivity index (χ1n) is 4.67. The second-order valence-electron chi connectivity index (χ2n) is 3.03. The van der Waals surface area contributed by atoms with Gasteiger partial charge in [-0.2, -0.15) is 0 Å². The molecular weight excluding hydrogens is 190 g/mol. The van der Waals surface area contributed by atoms with E-state index in [0.29, 0.717) is 19.7 Å². The number of carbonyl (C=O) groups excluding carboxylic acids is 1. The third-order valence-corrected chi connectivity index (χ3v) is 1.80. The summed E-state index contributed by atoms with van der Waals surface area (Å²) in [6, 6.07) is 7.90. The van der Waals surface area contributed by atoms with Gasteiger partial charge in [0.2, 0.25) is 0 Å².